The van der Waals surface area contributed by atoms with Crippen LogP contribution in [0, 0.1) is 0 Å². The molecule has 1 aliphatic heterocycles. The molecule has 0 aromatic carbocycles. The summed E-state index contributed by atoms with van der Waals surface area (Å²) in [6.45, 7) is 3.57. The molecule has 400 valence electrons. The maximum absolute atomic E-state index is 12.8. The number of hydrogen-bond donors (Lipinski definition) is 4. The minimum Gasteiger partial charge on any atom is -0.462 e. The number of aliphatic hydroxyl groups excluding tert-OH is 3. The van der Waals surface area contributed by atoms with E-state index in [1.54, 1.807) is 0 Å². The third-order valence-electron chi connectivity index (χ3n) is 11.6. The van der Waals surface area contributed by atoms with E-state index in [1.807, 2.05) is 18.2 Å². The first kappa shape index (κ1) is 64.6. The fourth-order valence-corrected chi connectivity index (χ4v) is 8.24. The minimum atomic E-state index is -4.63. The van der Waals surface area contributed by atoms with Crippen LogP contribution in [0.4, 0.5) is 0 Å². The van der Waals surface area contributed by atoms with Crippen LogP contribution in [0.2, 0.25) is 0 Å². The molecule has 1 fully saturated rings. The van der Waals surface area contributed by atoms with Gasteiger partial charge < -0.3 is 34.3 Å². The Morgan fingerprint density at radius 2 is 0.943 bits per heavy atom. The van der Waals surface area contributed by atoms with Crippen LogP contribution in [0.25, 0.3) is 0 Å². The van der Waals surface area contributed by atoms with Gasteiger partial charge in [-0.1, -0.05) is 195 Å². The van der Waals surface area contributed by atoms with Gasteiger partial charge in [-0.25, -0.2) is 0 Å². The Morgan fingerprint density at radius 3 is 1.44 bits per heavy atom. The Hall–Kier alpha value is -3.43. The fraction of sp³-hybridized carbons (Fsp3) is 0.684. The number of esters is 2. The summed E-state index contributed by atoms with van der Waals surface area (Å²) in [6, 6.07) is 0. The van der Waals surface area contributed by atoms with Crippen LogP contribution < -0.4 is 0 Å². The molecule has 0 saturated carbocycles. The highest BCUT2D eigenvalue weighted by Gasteiger charge is 2.46. The average molecular weight is 1000 g/mol. The second-order valence-corrected chi connectivity index (χ2v) is 19.6. The quantitative estimate of drug-likeness (QED) is 0.0196. The first-order chi connectivity index (χ1) is 34.0. The lowest BCUT2D eigenvalue weighted by Gasteiger charge is -2.40. The van der Waals surface area contributed by atoms with Gasteiger partial charge in [0.2, 0.25) is 0 Å². The SMILES string of the molecule is CC/C=C/C/C=C/C/C=C/C/C=C/C/C=C/C/C=C/CCC(=O)O[C@H](COC(=O)CCC/C=C/CC/C=C/CCCCCCCCCCCCCCCC)CO[C@H]1O[C@H](CS(=O)(=O)O)[C@@H](O)C(O)C1O. The van der Waals surface area contributed by atoms with E-state index >= 15 is 0 Å². The number of rotatable bonds is 44. The van der Waals surface area contributed by atoms with E-state index in [0.29, 0.717) is 25.7 Å². The van der Waals surface area contributed by atoms with E-state index in [1.165, 1.54) is 89.9 Å². The molecule has 6 atom stereocenters. The molecule has 13 heteroatoms. The van der Waals surface area contributed by atoms with Gasteiger partial charge in [-0.2, -0.15) is 8.42 Å². The highest BCUT2D eigenvalue weighted by atomic mass is 32.2. The number of aliphatic hydroxyl groups is 3. The zero-order chi connectivity index (χ0) is 51.2. The van der Waals surface area contributed by atoms with Crippen molar-refractivity contribution in [1.29, 1.82) is 0 Å². The molecular weight excluding hydrogens is 909 g/mol. The van der Waals surface area contributed by atoms with E-state index < -0.39 is 71.2 Å². The topological polar surface area (TPSA) is 186 Å². The van der Waals surface area contributed by atoms with Crippen molar-refractivity contribution in [3.8, 4) is 0 Å². The van der Waals surface area contributed by atoms with Crippen molar-refractivity contribution in [2.75, 3.05) is 19.0 Å². The Morgan fingerprint density at radius 1 is 0.500 bits per heavy atom. The van der Waals surface area contributed by atoms with Crippen molar-refractivity contribution in [3.63, 3.8) is 0 Å². The van der Waals surface area contributed by atoms with E-state index in [2.05, 4.69) is 92.8 Å². The summed E-state index contributed by atoms with van der Waals surface area (Å²) in [7, 11) is -4.63. The standard InChI is InChI=1S/C57H94O12S/c1-3-5-7-9-11-13-15-17-19-21-23-24-25-26-28-29-31-33-35-37-39-41-43-45-52(58)66-47-50(48-67-57-56(62)55(61)54(60)51(69-57)49-70(63,64)65)68-53(59)46-44-42-40-38-36-34-32-30-27-22-20-18-16-14-12-10-8-6-4-2/h6,8,12,14,18,20,27,29-31,34,36-37,39-40,42,50-51,54-57,60-62H,3-5,7,9-11,13,15-17,19,21-26,28,32-33,35,38,41,43-49H2,1-2H3,(H,63,64,65)/b8-6+,14-12+,20-18+,30-27+,31-29+,36-34+,39-37+,42-40+/t50-,51-,54-,55?,56?,57+/m1/s1. The number of carbonyl (C=O) groups is 2. The van der Waals surface area contributed by atoms with Crippen molar-refractivity contribution in [1.82, 2.24) is 0 Å². The molecule has 2 unspecified atom stereocenters. The molecule has 0 aromatic heterocycles. The number of unbranched alkanes of at least 4 members (excludes halogenated alkanes) is 16. The number of carbonyl (C=O) groups excluding carboxylic acids is 2. The zero-order valence-electron chi connectivity index (χ0n) is 43.1. The highest BCUT2D eigenvalue weighted by Crippen LogP contribution is 2.24. The first-order valence-electron chi connectivity index (χ1n) is 26.8. The predicted octanol–water partition coefficient (Wildman–Crippen LogP) is 12.6. The Kier molecular flexibility index (Phi) is 41.9. The molecule has 0 amide bonds. The predicted molar refractivity (Wildman–Crippen MR) is 284 cm³/mol. The molecule has 4 N–H and O–H groups in total. The Labute approximate surface area is 423 Å². The fourth-order valence-electron chi connectivity index (χ4n) is 7.55. The van der Waals surface area contributed by atoms with Crippen molar-refractivity contribution in [2.45, 2.75) is 230 Å². The summed E-state index contributed by atoms with van der Waals surface area (Å²) in [5.74, 6) is -2.16. The van der Waals surface area contributed by atoms with Crippen LogP contribution in [0.15, 0.2) is 97.2 Å². The molecule has 12 nitrogen and oxygen atoms in total. The van der Waals surface area contributed by atoms with Crippen LogP contribution in [-0.4, -0.2) is 96.0 Å². The van der Waals surface area contributed by atoms with Gasteiger partial charge in [-0.3, -0.25) is 14.1 Å². The lowest BCUT2D eigenvalue weighted by molar-refractivity contribution is -0.297. The molecule has 1 rings (SSSR count). The molecule has 1 saturated heterocycles. The Balaban J connectivity index is 2.43. The summed E-state index contributed by atoms with van der Waals surface area (Å²) >= 11 is 0. The molecule has 1 heterocycles. The molecule has 70 heavy (non-hydrogen) atoms. The molecule has 0 bridgehead atoms. The molecule has 0 radical (unpaired) electrons. The molecule has 1 aliphatic rings. The van der Waals surface area contributed by atoms with Gasteiger partial charge in [-0.15, -0.1) is 0 Å². The van der Waals surface area contributed by atoms with Crippen LogP contribution in [0.5, 0.6) is 0 Å². The lowest BCUT2D eigenvalue weighted by Crippen LogP contribution is -2.60. The molecular formula is C57H94O12S. The van der Waals surface area contributed by atoms with Gasteiger partial charge in [0.05, 0.1) is 6.61 Å². The summed E-state index contributed by atoms with van der Waals surface area (Å²) in [4.78, 5) is 25.5. The van der Waals surface area contributed by atoms with Crippen molar-refractivity contribution in [2.24, 2.45) is 0 Å². The summed E-state index contributed by atoms with van der Waals surface area (Å²) in [5.41, 5.74) is 0. The molecule has 0 aliphatic carbocycles. The van der Waals surface area contributed by atoms with Gasteiger partial charge in [0.25, 0.3) is 10.1 Å². The number of ether oxygens (including phenoxy) is 4. The molecule has 0 spiro atoms. The van der Waals surface area contributed by atoms with Gasteiger partial charge >= 0.3 is 11.9 Å². The van der Waals surface area contributed by atoms with Gasteiger partial charge in [0, 0.05) is 12.8 Å². The van der Waals surface area contributed by atoms with Crippen LogP contribution in [-0.2, 0) is 38.7 Å². The van der Waals surface area contributed by atoms with Crippen molar-refractivity contribution >= 4 is 22.1 Å². The summed E-state index contributed by atoms with van der Waals surface area (Å²) in [6.07, 6.45) is 53.3. The maximum atomic E-state index is 12.8. The van der Waals surface area contributed by atoms with E-state index in [9.17, 15) is 37.9 Å². The van der Waals surface area contributed by atoms with Gasteiger partial charge in [0.1, 0.15) is 36.8 Å². The third kappa shape index (κ3) is 39.2. The van der Waals surface area contributed by atoms with Crippen LogP contribution in [0.1, 0.15) is 194 Å². The van der Waals surface area contributed by atoms with E-state index in [-0.39, 0.29) is 19.4 Å². The van der Waals surface area contributed by atoms with Crippen LogP contribution in [0.3, 0.4) is 0 Å². The average Bonchev–Trinajstić information content (AvgIpc) is 3.33. The zero-order valence-corrected chi connectivity index (χ0v) is 43.9. The molecule has 0 aromatic rings. The van der Waals surface area contributed by atoms with Gasteiger partial charge in [0.15, 0.2) is 12.4 Å². The second kappa shape index (κ2) is 45.4. The third-order valence-corrected chi connectivity index (χ3v) is 12.4. The largest absolute Gasteiger partial charge is 0.462 e. The van der Waals surface area contributed by atoms with Crippen molar-refractivity contribution in [3.05, 3.63) is 97.2 Å². The first-order valence-corrected chi connectivity index (χ1v) is 28.4. The normalized spacial score (nSPS) is 19.8. The minimum absolute atomic E-state index is 0.0259. The smallest absolute Gasteiger partial charge is 0.306 e. The number of allylic oxidation sites excluding steroid dienone is 16. The van der Waals surface area contributed by atoms with E-state index in [0.717, 1.165) is 51.4 Å². The summed E-state index contributed by atoms with van der Waals surface area (Å²) < 4.78 is 54.1. The number of hydrogen-bond acceptors (Lipinski definition) is 11. The summed E-state index contributed by atoms with van der Waals surface area (Å²) in [5, 5.41) is 31.0. The monoisotopic (exact) mass is 1000 g/mol. The second-order valence-electron chi connectivity index (χ2n) is 18.1. The highest BCUT2D eigenvalue weighted by molar-refractivity contribution is 7.85. The van der Waals surface area contributed by atoms with Crippen molar-refractivity contribution < 1.29 is 56.8 Å². The lowest BCUT2D eigenvalue weighted by atomic mass is 10.00. The van der Waals surface area contributed by atoms with Crippen LogP contribution >= 0.6 is 0 Å². The van der Waals surface area contributed by atoms with E-state index in [4.69, 9.17) is 18.9 Å². The van der Waals surface area contributed by atoms with Gasteiger partial charge in [-0.05, 0) is 83.5 Å². The maximum Gasteiger partial charge on any atom is 0.306 e. The Bertz CT molecular complexity index is 1650.